The molecule has 0 spiro atoms. The third-order valence-electron chi connectivity index (χ3n) is 7.09. The SMILES string of the molecule is C[C@@H]1O[C@@H](c2cn(-c3ccc(Br)cc3)cc2-c2ccc(F)cc2)N(CCc2ccc3c(c2)CC(=O)N3)C1=O. The van der Waals surface area contributed by atoms with Crippen LogP contribution in [-0.4, -0.2) is 33.9 Å². The van der Waals surface area contributed by atoms with Crippen molar-refractivity contribution in [3.8, 4) is 16.8 Å². The van der Waals surface area contributed by atoms with Crippen LogP contribution in [0.2, 0.25) is 0 Å². The molecule has 0 bridgehead atoms. The lowest BCUT2D eigenvalue weighted by atomic mass is 10.0. The summed E-state index contributed by atoms with van der Waals surface area (Å²) in [5.74, 6) is -0.386. The largest absolute Gasteiger partial charge is 0.341 e. The third-order valence-corrected chi connectivity index (χ3v) is 7.62. The van der Waals surface area contributed by atoms with E-state index in [0.717, 1.165) is 43.7 Å². The van der Waals surface area contributed by atoms with Gasteiger partial charge in [-0.3, -0.25) is 9.59 Å². The molecule has 6 nitrogen and oxygen atoms in total. The molecule has 2 amide bonds. The van der Waals surface area contributed by atoms with Crippen molar-refractivity contribution in [2.75, 3.05) is 11.9 Å². The fraction of sp³-hybridized carbons (Fsp3) is 0.200. The zero-order chi connectivity index (χ0) is 26.4. The van der Waals surface area contributed by atoms with Crippen LogP contribution in [0.4, 0.5) is 10.1 Å². The van der Waals surface area contributed by atoms with Gasteiger partial charge in [-0.15, -0.1) is 0 Å². The van der Waals surface area contributed by atoms with Gasteiger partial charge in [0.1, 0.15) is 11.9 Å². The molecule has 1 saturated heterocycles. The molecular weight excluding hydrogens is 549 g/mol. The monoisotopic (exact) mass is 573 g/mol. The maximum atomic E-state index is 13.7. The number of anilines is 1. The Balaban J connectivity index is 1.34. The summed E-state index contributed by atoms with van der Waals surface area (Å²) in [6.45, 7) is 2.23. The van der Waals surface area contributed by atoms with Crippen LogP contribution in [0.3, 0.4) is 0 Å². The molecule has 1 fully saturated rings. The second-order valence-electron chi connectivity index (χ2n) is 9.65. The first-order valence-corrected chi connectivity index (χ1v) is 13.3. The van der Waals surface area contributed by atoms with Crippen LogP contribution in [-0.2, 0) is 27.2 Å². The summed E-state index contributed by atoms with van der Waals surface area (Å²) < 4.78 is 22.9. The van der Waals surface area contributed by atoms with E-state index in [1.165, 1.54) is 12.1 Å². The van der Waals surface area contributed by atoms with E-state index < -0.39 is 12.3 Å². The van der Waals surface area contributed by atoms with Gasteiger partial charge < -0.3 is 19.5 Å². The molecule has 1 aromatic heterocycles. The first kappa shape index (κ1) is 24.6. The predicted molar refractivity (Wildman–Crippen MR) is 146 cm³/mol. The summed E-state index contributed by atoms with van der Waals surface area (Å²) in [6.07, 6.45) is 3.80. The van der Waals surface area contributed by atoms with Gasteiger partial charge in [-0.2, -0.15) is 0 Å². The van der Waals surface area contributed by atoms with E-state index in [-0.39, 0.29) is 17.6 Å². The van der Waals surface area contributed by atoms with Gasteiger partial charge in [0, 0.05) is 45.9 Å². The van der Waals surface area contributed by atoms with Gasteiger partial charge in [0.2, 0.25) is 5.91 Å². The molecule has 1 N–H and O–H groups in total. The number of nitrogens with one attached hydrogen (secondary N) is 1. The molecule has 0 aliphatic carbocycles. The van der Waals surface area contributed by atoms with Gasteiger partial charge in [-0.25, -0.2) is 4.39 Å². The summed E-state index contributed by atoms with van der Waals surface area (Å²) >= 11 is 3.48. The Labute approximate surface area is 228 Å². The molecule has 6 rings (SSSR count). The van der Waals surface area contributed by atoms with E-state index in [9.17, 15) is 14.0 Å². The molecule has 3 aromatic carbocycles. The fourth-order valence-electron chi connectivity index (χ4n) is 5.13. The lowest BCUT2D eigenvalue weighted by Crippen LogP contribution is -2.32. The zero-order valence-electron chi connectivity index (χ0n) is 20.7. The normalized spacial score (nSPS) is 18.7. The molecule has 192 valence electrons. The van der Waals surface area contributed by atoms with Crippen molar-refractivity contribution < 1.29 is 18.7 Å². The Morgan fingerprint density at radius 3 is 2.55 bits per heavy atom. The topological polar surface area (TPSA) is 63.6 Å². The van der Waals surface area contributed by atoms with Crippen LogP contribution < -0.4 is 5.32 Å². The Kier molecular flexibility index (Phi) is 6.37. The molecule has 4 aromatic rings. The van der Waals surface area contributed by atoms with Gasteiger partial charge in [0.05, 0.1) is 6.42 Å². The summed E-state index contributed by atoms with van der Waals surface area (Å²) in [4.78, 5) is 26.7. The van der Waals surface area contributed by atoms with E-state index >= 15 is 0 Å². The highest BCUT2D eigenvalue weighted by Gasteiger charge is 2.40. The number of carbonyl (C=O) groups excluding carboxylic acids is 2. The molecular formula is C30H25BrFN3O3. The second-order valence-corrected chi connectivity index (χ2v) is 10.6. The molecule has 8 heteroatoms. The van der Waals surface area contributed by atoms with E-state index in [2.05, 4.69) is 21.2 Å². The van der Waals surface area contributed by atoms with E-state index in [1.807, 2.05) is 59.4 Å². The molecule has 38 heavy (non-hydrogen) atoms. The van der Waals surface area contributed by atoms with Crippen LogP contribution in [0, 0.1) is 5.82 Å². The van der Waals surface area contributed by atoms with Gasteiger partial charge in [-0.1, -0.05) is 40.2 Å². The zero-order valence-corrected chi connectivity index (χ0v) is 22.2. The maximum Gasteiger partial charge on any atom is 0.253 e. The minimum Gasteiger partial charge on any atom is -0.341 e. The van der Waals surface area contributed by atoms with Crippen LogP contribution in [0.25, 0.3) is 16.8 Å². The minimum atomic E-state index is -0.591. The minimum absolute atomic E-state index is 0.00207. The van der Waals surface area contributed by atoms with Crippen molar-refractivity contribution in [1.29, 1.82) is 0 Å². The smallest absolute Gasteiger partial charge is 0.253 e. The van der Waals surface area contributed by atoms with Crippen molar-refractivity contribution in [1.82, 2.24) is 9.47 Å². The number of hydrogen-bond acceptors (Lipinski definition) is 3. The van der Waals surface area contributed by atoms with Crippen molar-refractivity contribution in [3.63, 3.8) is 0 Å². The summed E-state index contributed by atoms with van der Waals surface area (Å²) in [5, 5.41) is 2.86. The Bertz CT molecular complexity index is 1530. The number of nitrogens with zero attached hydrogens (tertiary/aromatic N) is 2. The first-order valence-electron chi connectivity index (χ1n) is 12.5. The number of fused-ring (bicyclic) bond motifs is 1. The van der Waals surface area contributed by atoms with Crippen molar-refractivity contribution >= 4 is 33.4 Å². The van der Waals surface area contributed by atoms with Gasteiger partial charge >= 0.3 is 0 Å². The summed E-state index contributed by atoms with van der Waals surface area (Å²) in [7, 11) is 0. The Hall–Kier alpha value is -3.75. The van der Waals surface area contributed by atoms with Crippen molar-refractivity contribution in [3.05, 3.63) is 106 Å². The molecule has 0 saturated carbocycles. The van der Waals surface area contributed by atoms with Crippen LogP contribution >= 0.6 is 15.9 Å². The second kappa shape index (κ2) is 9.85. The number of ether oxygens (including phenoxy) is 1. The quantitative estimate of drug-likeness (QED) is 0.306. The average Bonchev–Trinajstić information content (AvgIpc) is 3.58. The first-order chi connectivity index (χ1) is 18.4. The van der Waals surface area contributed by atoms with Gasteiger partial charge in [0.25, 0.3) is 5.91 Å². The molecule has 2 aliphatic heterocycles. The van der Waals surface area contributed by atoms with E-state index in [0.29, 0.717) is 19.4 Å². The summed E-state index contributed by atoms with van der Waals surface area (Å²) in [5.41, 5.74) is 6.37. The van der Waals surface area contributed by atoms with Crippen LogP contribution in [0.15, 0.2) is 83.6 Å². The number of aromatic nitrogens is 1. The number of amides is 2. The third kappa shape index (κ3) is 4.66. The number of rotatable bonds is 6. The average molecular weight is 574 g/mol. The Morgan fingerprint density at radius 1 is 1.03 bits per heavy atom. The van der Waals surface area contributed by atoms with E-state index in [1.54, 1.807) is 24.0 Å². The maximum absolute atomic E-state index is 13.7. The van der Waals surface area contributed by atoms with Crippen LogP contribution in [0.1, 0.15) is 29.8 Å². The van der Waals surface area contributed by atoms with Gasteiger partial charge in [0.15, 0.2) is 6.23 Å². The highest BCUT2D eigenvalue weighted by molar-refractivity contribution is 9.10. The summed E-state index contributed by atoms with van der Waals surface area (Å²) in [6, 6.07) is 20.2. The van der Waals surface area contributed by atoms with E-state index in [4.69, 9.17) is 4.74 Å². The number of halogens is 2. The number of carbonyl (C=O) groups is 2. The standard InChI is InChI=1S/C30H25BrFN3O3/c1-18-29(37)35(13-12-19-2-11-27-21(14-19)15-28(36)33-27)30(38-18)26-17-34(24-9-5-22(31)6-10-24)16-25(26)20-3-7-23(32)8-4-20/h2-11,14,16-18,30H,12-13,15H2,1H3,(H,33,36)/t18-,30-/m0/s1. The highest BCUT2D eigenvalue weighted by atomic mass is 79.9. The van der Waals surface area contributed by atoms with Crippen molar-refractivity contribution in [2.45, 2.75) is 32.1 Å². The number of benzene rings is 3. The van der Waals surface area contributed by atoms with Crippen molar-refractivity contribution in [2.24, 2.45) is 0 Å². The molecule has 2 atom stereocenters. The highest BCUT2D eigenvalue weighted by Crippen LogP contribution is 2.39. The molecule has 2 aliphatic rings. The molecule has 0 unspecified atom stereocenters. The fourth-order valence-corrected chi connectivity index (χ4v) is 5.39. The lowest BCUT2D eigenvalue weighted by molar-refractivity contribution is -0.130. The predicted octanol–water partition coefficient (Wildman–Crippen LogP) is 6.03. The van der Waals surface area contributed by atoms with Crippen LogP contribution in [0.5, 0.6) is 0 Å². The molecule has 0 radical (unpaired) electrons. The molecule has 3 heterocycles. The lowest BCUT2D eigenvalue weighted by Gasteiger charge is -2.24. The number of hydrogen-bond donors (Lipinski definition) is 1. The van der Waals surface area contributed by atoms with Gasteiger partial charge in [-0.05, 0) is 72.5 Å². The Morgan fingerprint density at radius 2 is 1.79 bits per heavy atom.